The number of hydrogen-bond acceptors (Lipinski definition) is 6. The third-order valence-electron chi connectivity index (χ3n) is 3.13. The molecule has 0 spiro atoms. The lowest BCUT2D eigenvalue weighted by molar-refractivity contribution is 0.128. The maximum atomic E-state index is 5.56. The monoisotopic (exact) mass is 333 g/mol. The summed E-state index contributed by atoms with van der Waals surface area (Å²) in [5.74, 6) is 2.30. The molecular weight excluding hydrogens is 310 g/mol. The minimum absolute atomic E-state index is 0.525. The quantitative estimate of drug-likeness (QED) is 0.465. The Hall–Kier alpha value is 0.250. The molecule has 2 atom stereocenters. The molecule has 0 bridgehead atoms. The van der Waals surface area contributed by atoms with E-state index in [-0.39, 0.29) is 0 Å². The van der Waals surface area contributed by atoms with Gasteiger partial charge in [-0.2, -0.15) is 0 Å². The van der Waals surface area contributed by atoms with Crippen LogP contribution in [0.4, 0.5) is 0 Å². The first-order valence-electron chi connectivity index (χ1n) is 7.15. The first kappa shape index (κ1) is 16.6. The van der Waals surface area contributed by atoms with Crippen LogP contribution in [-0.4, -0.2) is 36.9 Å². The van der Waals surface area contributed by atoms with Crippen LogP contribution in [0.5, 0.6) is 0 Å². The van der Waals surface area contributed by atoms with E-state index in [1.54, 1.807) is 11.9 Å². The van der Waals surface area contributed by atoms with E-state index in [1.807, 2.05) is 45.3 Å². The van der Waals surface area contributed by atoms with E-state index in [9.17, 15) is 0 Å². The van der Waals surface area contributed by atoms with Crippen LogP contribution in [-0.2, 0) is 9.47 Å². The van der Waals surface area contributed by atoms with Crippen molar-refractivity contribution in [1.82, 2.24) is 4.72 Å². The second-order valence-electron chi connectivity index (χ2n) is 4.76. The Morgan fingerprint density at radius 2 is 1.65 bits per heavy atom. The molecule has 2 saturated heterocycles. The molecule has 0 aromatic heterocycles. The molecule has 20 heavy (non-hydrogen) atoms. The molecular formula is C14H23NO2S3. The third-order valence-corrected chi connectivity index (χ3v) is 6.19. The zero-order valence-corrected chi connectivity index (χ0v) is 14.1. The van der Waals surface area contributed by atoms with Crippen LogP contribution in [0.15, 0.2) is 23.8 Å². The van der Waals surface area contributed by atoms with Crippen molar-refractivity contribution in [3.8, 4) is 0 Å². The first-order chi connectivity index (χ1) is 9.95. The van der Waals surface area contributed by atoms with Gasteiger partial charge in [0.1, 0.15) is 0 Å². The van der Waals surface area contributed by atoms with Crippen LogP contribution >= 0.6 is 33.5 Å². The number of nitrogens with one attached hydrogen (secondary N) is 1. The minimum Gasteiger partial charge on any atom is -0.377 e. The molecule has 0 aromatic rings. The van der Waals surface area contributed by atoms with Crippen LogP contribution in [0.3, 0.4) is 0 Å². The Morgan fingerprint density at radius 1 is 1.00 bits per heavy atom. The molecule has 3 nitrogen and oxygen atoms in total. The lowest BCUT2D eigenvalue weighted by Gasteiger charge is -2.10. The summed E-state index contributed by atoms with van der Waals surface area (Å²) in [6.45, 7) is 1.95. The third kappa shape index (κ3) is 7.31. The average Bonchev–Trinajstić information content (AvgIpc) is 3.20. The Morgan fingerprint density at radius 3 is 1.95 bits per heavy atom. The first-order valence-corrected chi connectivity index (χ1v) is 10.5. The average molecular weight is 334 g/mol. The van der Waals surface area contributed by atoms with Gasteiger partial charge in [0.05, 0.1) is 12.2 Å². The van der Waals surface area contributed by atoms with Crippen molar-refractivity contribution in [2.75, 3.05) is 24.7 Å². The SMILES string of the molecule is C1=CNSC=C1.C1COC(CSSCC2CCCO2)C1. The summed E-state index contributed by atoms with van der Waals surface area (Å²) in [4.78, 5) is 0. The zero-order chi connectivity index (χ0) is 13.9. The van der Waals surface area contributed by atoms with Gasteiger partial charge in [-0.05, 0) is 49.1 Å². The lowest BCUT2D eigenvalue weighted by atomic mass is 10.3. The number of rotatable bonds is 5. The molecule has 1 N–H and O–H groups in total. The summed E-state index contributed by atoms with van der Waals surface area (Å²) in [5, 5.41) is 1.99. The number of allylic oxidation sites excluding steroid dienone is 2. The minimum atomic E-state index is 0.525. The highest BCUT2D eigenvalue weighted by molar-refractivity contribution is 8.76. The molecule has 3 aliphatic heterocycles. The summed E-state index contributed by atoms with van der Waals surface area (Å²) in [6.07, 6.45) is 11.9. The van der Waals surface area contributed by atoms with Crippen molar-refractivity contribution < 1.29 is 9.47 Å². The molecule has 2 unspecified atom stereocenters. The largest absolute Gasteiger partial charge is 0.377 e. The highest BCUT2D eigenvalue weighted by Crippen LogP contribution is 2.29. The van der Waals surface area contributed by atoms with Gasteiger partial charge in [-0.1, -0.05) is 27.7 Å². The Bertz CT molecular complexity index is 271. The molecule has 2 fully saturated rings. The Labute approximate surface area is 134 Å². The van der Waals surface area contributed by atoms with Crippen molar-refractivity contribution in [3.05, 3.63) is 23.8 Å². The highest BCUT2D eigenvalue weighted by Gasteiger charge is 2.17. The predicted molar refractivity (Wildman–Crippen MR) is 91.9 cm³/mol. The van der Waals surface area contributed by atoms with Gasteiger partial charge in [-0.25, -0.2) is 0 Å². The van der Waals surface area contributed by atoms with E-state index in [2.05, 4.69) is 4.72 Å². The van der Waals surface area contributed by atoms with Gasteiger partial charge in [-0.15, -0.1) is 0 Å². The van der Waals surface area contributed by atoms with Gasteiger partial charge in [0, 0.05) is 30.9 Å². The fraction of sp³-hybridized carbons (Fsp3) is 0.714. The molecule has 3 aliphatic rings. The summed E-state index contributed by atoms with van der Waals surface area (Å²) in [5.41, 5.74) is 0. The maximum absolute atomic E-state index is 5.56. The topological polar surface area (TPSA) is 30.5 Å². The second-order valence-corrected chi connectivity index (χ2v) is 8.06. The summed E-state index contributed by atoms with van der Waals surface area (Å²) in [7, 11) is 3.90. The second kappa shape index (κ2) is 10.9. The normalized spacial score (nSPS) is 28.0. The van der Waals surface area contributed by atoms with E-state index in [0.29, 0.717) is 12.2 Å². The van der Waals surface area contributed by atoms with E-state index in [1.165, 1.54) is 25.7 Å². The molecule has 0 aromatic carbocycles. The van der Waals surface area contributed by atoms with Crippen molar-refractivity contribution in [2.45, 2.75) is 37.9 Å². The maximum Gasteiger partial charge on any atom is 0.0674 e. The van der Waals surface area contributed by atoms with E-state index >= 15 is 0 Å². The fourth-order valence-electron chi connectivity index (χ4n) is 2.06. The van der Waals surface area contributed by atoms with Gasteiger partial charge >= 0.3 is 0 Å². The van der Waals surface area contributed by atoms with Crippen LogP contribution < -0.4 is 4.72 Å². The Kier molecular flexibility index (Phi) is 9.06. The Balaban J connectivity index is 0.000000205. The smallest absolute Gasteiger partial charge is 0.0674 e. The number of ether oxygens (including phenoxy) is 2. The molecule has 0 aliphatic carbocycles. The molecule has 114 valence electrons. The van der Waals surface area contributed by atoms with Crippen LogP contribution in [0, 0.1) is 0 Å². The van der Waals surface area contributed by atoms with Crippen molar-refractivity contribution >= 4 is 33.5 Å². The number of hydrogen-bond donors (Lipinski definition) is 1. The van der Waals surface area contributed by atoms with Crippen molar-refractivity contribution in [3.63, 3.8) is 0 Å². The van der Waals surface area contributed by atoms with E-state index in [0.717, 1.165) is 24.7 Å². The standard InChI is InChI=1S/C10H18O2S2.C4H5NS/c1-3-9(11-5-1)7-13-14-8-10-4-2-6-12-10;1-2-4-6-5-3-1/h9-10H,1-8H2;1-5H. The molecule has 3 rings (SSSR count). The van der Waals surface area contributed by atoms with E-state index < -0.39 is 0 Å². The van der Waals surface area contributed by atoms with Crippen LogP contribution in [0.1, 0.15) is 25.7 Å². The van der Waals surface area contributed by atoms with Crippen LogP contribution in [0.2, 0.25) is 0 Å². The fourth-order valence-corrected chi connectivity index (χ4v) is 4.97. The predicted octanol–water partition coefficient (Wildman–Crippen LogP) is 3.99. The summed E-state index contributed by atoms with van der Waals surface area (Å²) >= 11 is 1.58. The van der Waals surface area contributed by atoms with E-state index in [4.69, 9.17) is 9.47 Å². The van der Waals surface area contributed by atoms with Gasteiger partial charge in [0.15, 0.2) is 0 Å². The van der Waals surface area contributed by atoms with Gasteiger partial charge in [0.2, 0.25) is 0 Å². The highest BCUT2D eigenvalue weighted by atomic mass is 33.1. The van der Waals surface area contributed by atoms with Gasteiger partial charge < -0.3 is 14.2 Å². The van der Waals surface area contributed by atoms with Crippen molar-refractivity contribution in [1.29, 1.82) is 0 Å². The summed E-state index contributed by atoms with van der Waals surface area (Å²) < 4.78 is 14.1. The lowest BCUT2D eigenvalue weighted by Crippen LogP contribution is -2.09. The zero-order valence-electron chi connectivity index (χ0n) is 11.7. The molecule has 0 radical (unpaired) electrons. The molecule has 6 heteroatoms. The molecule has 0 amide bonds. The molecule has 0 saturated carbocycles. The van der Waals surface area contributed by atoms with Crippen LogP contribution in [0.25, 0.3) is 0 Å². The van der Waals surface area contributed by atoms with Crippen molar-refractivity contribution in [2.24, 2.45) is 0 Å². The van der Waals surface area contributed by atoms with Gasteiger partial charge in [-0.3, -0.25) is 0 Å². The van der Waals surface area contributed by atoms with Gasteiger partial charge in [0.25, 0.3) is 0 Å². The summed E-state index contributed by atoms with van der Waals surface area (Å²) in [6, 6.07) is 0. The molecule has 3 heterocycles.